The largest absolute Gasteiger partial charge is 0.467 e. The molecule has 1 aliphatic rings. The van der Waals surface area contributed by atoms with Crippen LogP contribution in [0, 0.1) is 6.92 Å². The maximum Gasteiger partial charge on any atom is 0.291 e. The van der Waals surface area contributed by atoms with Gasteiger partial charge in [-0.3, -0.25) is 9.59 Å². The molecule has 1 atom stereocenters. The average Bonchev–Trinajstić information content (AvgIpc) is 3.48. The van der Waals surface area contributed by atoms with Crippen LogP contribution >= 0.6 is 0 Å². The lowest BCUT2D eigenvalue weighted by Crippen LogP contribution is -2.29. The Morgan fingerprint density at radius 3 is 2.51 bits per heavy atom. The van der Waals surface area contributed by atoms with E-state index in [1.807, 2.05) is 67.6 Å². The summed E-state index contributed by atoms with van der Waals surface area (Å²) < 4.78 is 17.6. The molecule has 0 spiro atoms. The molecule has 1 aliphatic heterocycles. The molecule has 1 amide bonds. The quantitative estimate of drug-likeness (QED) is 0.309. The van der Waals surface area contributed by atoms with E-state index in [0.29, 0.717) is 33.8 Å². The van der Waals surface area contributed by atoms with Gasteiger partial charge >= 0.3 is 0 Å². The van der Waals surface area contributed by atoms with E-state index < -0.39 is 6.04 Å². The predicted molar refractivity (Wildman–Crippen MR) is 131 cm³/mol. The van der Waals surface area contributed by atoms with Crippen LogP contribution in [0.1, 0.15) is 39.0 Å². The molecule has 0 N–H and O–H groups in total. The Morgan fingerprint density at radius 1 is 0.886 bits per heavy atom. The minimum Gasteiger partial charge on any atom is -0.467 e. The first kappa shape index (κ1) is 21.0. The molecule has 0 radical (unpaired) electrons. The molecule has 172 valence electrons. The van der Waals surface area contributed by atoms with Crippen LogP contribution < -0.4 is 10.2 Å². The molecule has 0 saturated heterocycles. The summed E-state index contributed by atoms with van der Waals surface area (Å²) in [5.74, 6) is 1.63. The van der Waals surface area contributed by atoms with E-state index in [-0.39, 0.29) is 23.6 Å². The van der Waals surface area contributed by atoms with Gasteiger partial charge < -0.3 is 18.5 Å². The molecule has 6 rings (SSSR count). The van der Waals surface area contributed by atoms with E-state index in [2.05, 4.69) is 0 Å². The summed E-state index contributed by atoms with van der Waals surface area (Å²) in [7, 11) is 0. The zero-order valence-corrected chi connectivity index (χ0v) is 18.9. The lowest BCUT2D eigenvalue weighted by molar-refractivity contribution is 0.0701. The number of furan rings is 1. The number of carbonyl (C=O) groups excluding carboxylic acids is 1. The minimum absolute atomic E-state index is 0.0669. The minimum atomic E-state index is -0.650. The van der Waals surface area contributed by atoms with Gasteiger partial charge in [0.25, 0.3) is 5.91 Å². The highest BCUT2D eigenvalue weighted by Gasteiger charge is 2.43. The maximum atomic E-state index is 13.7. The standard InChI is InChI=1S/C29H21NO5/c1-18-12-13-24-23(15-18)27(31)25-26(30(29(32)28(25)35-24)17-22-11-6-14-33-22)19-7-5-10-21(16-19)34-20-8-3-2-4-9-20/h2-16,26H,17H2,1H3. The molecule has 2 aromatic heterocycles. The summed E-state index contributed by atoms with van der Waals surface area (Å²) >= 11 is 0. The number of carbonyl (C=O) groups is 1. The first-order valence-electron chi connectivity index (χ1n) is 11.3. The Hall–Kier alpha value is -4.58. The number of benzene rings is 3. The van der Waals surface area contributed by atoms with Gasteiger partial charge in [-0.2, -0.15) is 0 Å². The predicted octanol–water partition coefficient (Wildman–Crippen LogP) is 6.23. The van der Waals surface area contributed by atoms with Gasteiger partial charge in [-0.05, 0) is 61.0 Å². The zero-order chi connectivity index (χ0) is 23.9. The van der Waals surface area contributed by atoms with E-state index >= 15 is 0 Å². The van der Waals surface area contributed by atoms with Gasteiger partial charge in [0.1, 0.15) is 22.8 Å². The molecule has 6 heteroatoms. The number of amides is 1. The van der Waals surface area contributed by atoms with Crippen molar-refractivity contribution in [2.24, 2.45) is 0 Å². The van der Waals surface area contributed by atoms with Crippen molar-refractivity contribution in [1.82, 2.24) is 4.90 Å². The number of aryl methyl sites for hydroxylation is 1. The van der Waals surface area contributed by atoms with Crippen LogP contribution in [0.15, 0.2) is 105 Å². The second-order valence-corrected chi connectivity index (χ2v) is 8.58. The molecule has 35 heavy (non-hydrogen) atoms. The molecule has 0 aliphatic carbocycles. The van der Waals surface area contributed by atoms with E-state index in [4.69, 9.17) is 13.6 Å². The summed E-state index contributed by atoms with van der Waals surface area (Å²) in [4.78, 5) is 28.9. The first-order chi connectivity index (χ1) is 17.1. The molecule has 3 aromatic carbocycles. The van der Waals surface area contributed by atoms with Crippen LogP contribution in [0.25, 0.3) is 11.0 Å². The fourth-order valence-corrected chi connectivity index (χ4v) is 4.59. The van der Waals surface area contributed by atoms with Crippen LogP contribution in [0.5, 0.6) is 11.5 Å². The number of nitrogens with zero attached hydrogens (tertiary/aromatic N) is 1. The van der Waals surface area contributed by atoms with Gasteiger partial charge in [0.15, 0.2) is 5.43 Å². The number of hydrogen-bond donors (Lipinski definition) is 0. The summed E-state index contributed by atoms with van der Waals surface area (Å²) in [6.45, 7) is 2.11. The van der Waals surface area contributed by atoms with E-state index in [9.17, 15) is 9.59 Å². The summed E-state index contributed by atoms with van der Waals surface area (Å²) in [6, 6.07) is 25.2. The average molecular weight is 463 g/mol. The van der Waals surface area contributed by atoms with Gasteiger partial charge in [0.05, 0.1) is 29.8 Å². The highest BCUT2D eigenvalue weighted by atomic mass is 16.5. The van der Waals surface area contributed by atoms with Gasteiger partial charge in [-0.1, -0.05) is 42.0 Å². The third-order valence-electron chi connectivity index (χ3n) is 6.18. The highest BCUT2D eigenvalue weighted by molar-refractivity contribution is 5.99. The molecular formula is C29H21NO5. The molecule has 0 bridgehead atoms. The molecule has 6 nitrogen and oxygen atoms in total. The number of hydrogen-bond acceptors (Lipinski definition) is 5. The van der Waals surface area contributed by atoms with E-state index in [1.54, 1.807) is 35.4 Å². The van der Waals surface area contributed by atoms with E-state index in [0.717, 1.165) is 11.1 Å². The second-order valence-electron chi connectivity index (χ2n) is 8.58. The van der Waals surface area contributed by atoms with Crippen LogP contribution in [-0.4, -0.2) is 10.8 Å². The normalized spacial score (nSPS) is 14.9. The van der Waals surface area contributed by atoms with Crippen LogP contribution in [0.2, 0.25) is 0 Å². The Balaban J connectivity index is 1.51. The molecule has 5 aromatic rings. The summed E-state index contributed by atoms with van der Waals surface area (Å²) in [6.07, 6.45) is 1.56. The van der Waals surface area contributed by atoms with Gasteiger partial charge in [0, 0.05) is 0 Å². The van der Waals surface area contributed by atoms with Crippen LogP contribution in [0.4, 0.5) is 0 Å². The number of rotatable bonds is 5. The Morgan fingerprint density at radius 2 is 1.71 bits per heavy atom. The summed E-state index contributed by atoms with van der Waals surface area (Å²) in [5.41, 5.74) is 2.20. The van der Waals surface area contributed by atoms with Crippen molar-refractivity contribution in [3.8, 4) is 11.5 Å². The van der Waals surface area contributed by atoms with Crippen molar-refractivity contribution >= 4 is 16.9 Å². The van der Waals surface area contributed by atoms with Crippen molar-refractivity contribution in [1.29, 1.82) is 0 Å². The molecule has 0 fully saturated rings. The van der Waals surface area contributed by atoms with Gasteiger partial charge in [0.2, 0.25) is 5.76 Å². The Bertz CT molecular complexity index is 1600. The van der Waals surface area contributed by atoms with Crippen molar-refractivity contribution in [2.45, 2.75) is 19.5 Å². The van der Waals surface area contributed by atoms with Gasteiger partial charge in [-0.25, -0.2) is 0 Å². The Kier molecular flexibility index (Phi) is 4.99. The van der Waals surface area contributed by atoms with E-state index in [1.165, 1.54) is 0 Å². The second kappa shape index (κ2) is 8.33. The third-order valence-corrected chi connectivity index (χ3v) is 6.18. The number of ether oxygens (including phenoxy) is 1. The van der Waals surface area contributed by atoms with Crippen molar-refractivity contribution in [3.63, 3.8) is 0 Å². The van der Waals surface area contributed by atoms with Crippen molar-refractivity contribution in [3.05, 3.63) is 130 Å². The fraction of sp³-hybridized carbons (Fsp3) is 0.103. The summed E-state index contributed by atoms with van der Waals surface area (Å²) in [5, 5.41) is 0.457. The fourth-order valence-electron chi connectivity index (χ4n) is 4.59. The highest BCUT2D eigenvalue weighted by Crippen LogP contribution is 2.40. The number of para-hydroxylation sites is 1. The lowest BCUT2D eigenvalue weighted by Gasteiger charge is -2.24. The maximum absolute atomic E-state index is 13.7. The molecular weight excluding hydrogens is 442 g/mol. The van der Waals surface area contributed by atoms with Crippen molar-refractivity contribution in [2.75, 3.05) is 0 Å². The smallest absolute Gasteiger partial charge is 0.291 e. The van der Waals surface area contributed by atoms with Crippen LogP contribution in [-0.2, 0) is 6.54 Å². The SMILES string of the molecule is Cc1ccc2oc3c(c(=O)c2c1)C(c1cccc(Oc2ccccc2)c1)N(Cc1ccco1)C3=O. The van der Waals surface area contributed by atoms with Crippen LogP contribution in [0.3, 0.4) is 0 Å². The monoisotopic (exact) mass is 463 g/mol. The van der Waals surface area contributed by atoms with Gasteiger partial charge in [-0.15, -0.1) is 0 Å². The molecule has 0 saturated carbocycles. The van der Waals surface area contributed by atoms with Crippen molar-refractivity contribution < 1.29 is 18.4 Å². The number of fused-ring (bicyclic) bond motifs is 2. The molecule has 3 heterocycles. The molecule has 1 unspecified atom stereocenters. The zero-order valence-electron chi connectivity index (χ0n) is 18.9. The Labute approximate surface area is 201 Å². The third kappa shape index (κ3) is 3.69. The first-order valence-corrected chi connectivity index (χ1v) is 11.3. The topological polar surface area (TPSA) is 72.9 Å². The lowest BCUT2D eigenvalue weighted by atomic mass is 9.98.